The molecule has 0 aliphatic carbocycles. The van der Waals surface area contributed by atoms with Crippen LogP contribution in [0.3, 0.4) is 0 Å². The number of nitro benzene ring substituents is 1. The fourth-order valence-corrected chi connectivity index (χ4v) is 1.45. The lowest BCUT2D eigenvalue weighted by atomic mass is 10.1. The molecule has 0 atom stereocenters. The van der Waals surface area contributed by atoms with Crippen LogP contribution in [0.5, 0.6) is 0 Å². The molecule has 0 saturated carbocycles. The van der Waals surface area contributed by atoms with Gasteiger partial charge < -0.3 is 10.3 Å². The number of carbonyl (C=O) groups excluding carboxylic acids is 1. The Balaban J connectivity index is 2.57. The van der Waals surface area contributed by atoms with E-state index < -0.39 is 10.8 Å². The van der Waals surface area contributed by atoms with E-state index in [1.807, 2.05) is 0 Å². The highest BCUT2D eigenvalue weighted by atomic mass is 16.6. The molecule has 0 bridgehead atoms. The smallest absolute Gasteiger partial charge is 0.282 e. The molecule has 17 heavy (non-hydrogen) atoms. The van der Waals surface area contributed by atoms with Crippen molar-refractivity contribution in [3.63, 3.8) is 0 Å². The molecule has 1 amide bonds. The van der Waals surface area contributed by atoms with Gasteiger partial charge in [0.1, 0.15) is 5.56 Å². The molecule has 0 unspecified atom stereocenters. The van der Waals surface area contributed by atoms with E-state index >= 15 is 0 Å². The minimum absolute atomic E-state index is 0.124. The molecule has 0 aliphatic heterocycles. The van der Waals surface area contributed by atoms with Crippen molar-refractivity contribution < 1.29 is 9.72 Å². The molecule has 0 aliphatic rings. The van der Waals surface area contributed by atoms with Crippen molar-refractivity contribution in [3.05, 3.63) is 52.6 Å². The molecule has 7 heteroatoms. The first kappa shape index (κ1) is 10.8. The average molecular weight is 232 g/mol. The number of hydrogen-bond donors (Lipinski definition) is 1. The van der Waals surface area contributed by atoms with Gasteiger partial charge in [0.25, 0.3) is 11.6 Å². The number of nitrogens with zero attached hydrogens (tertiary/aromatic N) is 3. The van der Waals surface area contributed by atoms with Gasteiger partial charge in [-0.05, 0) is 12.1 Å². The Bertz CT molecular complexity index is 577. The van der Waals surface area contributed by atoms with E-state index in [-0.39, 0.29) is 11.3 Å². The summed E-state index contributed by atoms with van der Waals surface area (Å²) in [5.41, 5.74) is 5.26. The van der Waals surface area contributed by atoms with E-state index in [1.165, 1.54) is 24.5 Å². The van der Waals surface area contributed by atoms with Gasteiger partial charge in [-0.2, -0.15) is 0 Å². The zero-order chi connectivity index (χ0) is 12.4. The first-order valence-electron chi connectivity index (χ1n) is 4.66. The van der Waals surface area contributed by atoms with Crippen molar-refractivity contribution in [3.8, 4) is 5.69 Å². The molecule has 0 spiro atoms. The van der Waals surface area contributed by atoms with Crippen LogP contribution >= 0.6 is 0 Å². The van der Waals surface area contributed by atoms with E-state index in [1.54, 1.807) is 17.0 Å². The first-order valence-corrected chi connectivity index (χ1v) is 4.66. The number of rotatable bonds is 3. The number of nitro groups is 1. The van der Waals surface area contributed by atoms with Gasteiger partial charge >= 0.3 is 0 Å². The Labute approximate surface area is 95.6 Å². The number of nitrogens with two attached hydrogens (primary N) is 1. The summed E-state index contributed by atoms with van der Waals surface area (Å²) in [6, 6.07) is 4.13. The topological polar surface area (TPSA) is 104 Å². The third-order valence-electron chi connectivity index (χ3n) is 2.24. The standard InChI is InChI=1S/C10H8N4O3/c11-10(15)8-5-7(13-4-3-12-6-13)1-2-9(8)14(16)17/h1-6H,(H2,11,15). The number of amides is 1. The SMILES string of the molecule is NC(=O)c1cc(-n2ccnc2)ccc1[N+](=O)[O-]. The summed E-state index contributed by atoms with van der Waals surface area (Å²) in [5.74, 6) is -0.835. The van der Waals surface area contributed by atoms with Crippen LogP contribution in [-0.2, 0) is 0 Å². The maximum absolute atomic E-state index is 11.1. The van der Waals surface area contributed by atoms with Gasteiger partial charge in [0.05, 0.1) is 11.3 Å². The van der Waals surface area contributed by atoms with Crippen molar-refractivity contribution in [2.75, 3.05) is 0 Å². The minimum Gasteiger partial charge on any atom is -0.365 e. The summed E-state index contributed by atoms with van der Waals surface area (Å²) in [6.45, 7) is 0. The van der Waals surface area contributed by atoms with Crippen molar-refractivity contribution in [1.82, 2.24) is 9.55 Å². The maximum atomic E-state index is 11.1. The molecule has 2 rings (SSSR count). The second kappa shape index (κ2) is 4.05. The molecule has 2 aromatic rings. The van der Waals surface area contributed by atoms with Crippen LogP contribution in [-0.4, -0.2) is 20.4 Å². The molecule has 1 aromatic heterocycles. The molecule has 0 fully saturated rings. The molecule has 86 valence electrons. The number of hydrogen-bond acceptors (Lipinski definition) is 4. The maximum Gasteiger partial charge on any atom is 0.282 e. The molecule has 1 aromatic carbocycles. The van der Waals surface area contributed by atoms with Crippen molar-refractivity contribution in [1.29, 1.82) is 0 Å². The summed E-state index contributed by atoms with van der Waals surface area (Å²) in [5, 5.41) is 10.7. The second-order valence-electron chi connectivity index (χ2n) is 3.29. The summed E-state index contributed by atoms with van der Waals surface area (Å²) in [7, 11) is 0. The lowest BCUT2D eigenvalue weighted by Gasteiger charge is -2.04. The van der Waals surface area contributed by atoms with E-state index in [4.69, 9.17) is 5.73 Å². The predicted octanol–water partition coefficient (Wildman–Crippen LogP) is 0.879. The van der Waals surface area contributed by atoms with Gasteiger partial charge in [0.15, 0.2) is 0 Å². The summed E-state index contributed by atoms with van der Waals surface area (Å²) in [4.78, 5) is 25.0. The summed E-state index contributed by atoms with van der Waals surface area (Å²) in [6.07, 6.45) is 4.74. The molecular weight excluding hydrogens is 224 g/mol. The lowest BCUT2D eigenvalue weighted by Crippen LogP contribution is -2.14. The van der Waals surface area contributed by atoms with Gasteiger partial charge in [-0.15, -0.1) is 0 Å². The monoisotopic (exact) mass is 232 g/mol. The van der Waals surface area contributed by atoms with Crippen LogP contribution in [0.4, 0.5) is 5.69 Å². The normalized spacial score (nSPS) is 10.1. The molecule has 0 saturated heterocycles. The van der Waals surface area contributed by atoms with Gasteiger partial charge in [-0.1, -0.05) is 0 Å². The Morgan fingerprint density at radius 3 is 2.76 bits per heavy atom. The van der Waals surface area contributed by atoms with E-state index in [0.717, 1.165) is 0 Å². The minimum atomic E-state index is -0.835. The Kier molecular flexibility index (Phi) is 2.57. The van der Waals surface area contributed by atoms with Crippen LogP contribution in [0.2, 0.25) is 0 Å². The largest absolute Gasteiger partial charge is 0.365 e. The van der Waals surface area contributed by atoms with E-state index in [2.05, 4.69) is 4.98 Å². The third kappa shape index (κ3) is 1.98. The first-order chi connectivity index (χ1) is 8.09. The fraction of sp³-hybridized carbons (Fsp3) is 0. The quantitative estimate of drug-likeness (QED) is 0.626. The number of primary amides is 1. The predicted molar refractivity (Wildman–Crippen MR) is 58.7 cm³/mol. The van der Waals surface area contributed by atoms with Crippen LogP contribution in [0, 0.1) is 10.1 Å². The van der Waals surface area contributed by atoms with Gasteiger partial charge in [0, 0.05) is 24.1 Å². The van der Waals surface area contributed by atoms with Crippen LogP contribution < -0.4 is 5.73 Å². The lowest BCUT2D eigenvalue weighted by molar-refractivity contribution is -0.385. The van der Waals surface area contributed by atoms with Crippen LogP contribution in [0.15, 0.2) is 36.9 Å². The number of benzene rings is 1. The van der Waals surface area contributed by atoms with Gasteiger partial charge in [-0.3, -0.25) is 14.9 Å². The summed E-state index contributed by atoms with van der Waals surface area (Å²) >= 11 is 0. The zero-order valence-electron chi connectivity index (χ0n) is 8.61. The van der Waals surface area contributed by atoms with Crippen LogP contribution in [0.1, 0.15) is 10.4 Å². The van der Waals surface area contributed by atoms with Gasteiger partial charge in [-0.25, -0.2) is 4.98 Å². The number of aromatic nitrogens is 2. The number of carbonyl (C=O) groups is 1. The number of imidazole rings is 1. The Hall–Kier alpha value is -2.70. The van der Waals surface area contributed by atoms with Gasteiger partial charge in [0.2, 0.25) is 0 Å². The van der Waals surface area contributed by atoms with Crippen molar-refractivity contribution >= 4 is 11.6 Å². The highest BCUT2D eigenvalue weighted by Crippen LogP contribution is 2.21. The zero-order valence-corrected chi connectivity index (χ0v) is 8.61. The Morgan fingerprint density at radius 1 is 1.47 bits per heavy atom. The molecular formula is C10H8N4O3. The van der Waals surface area contributed by atoms with E-state index in [0.29, 0.717) is 5.69 Å². The molecule has 1 heterocycles. The third-order valence-corrected chi connectivity index (χ3v) is 2.24. The molecule has 2 N–H and O–H groups in total. The van der Waals surface area contributed by atoms with Crippen LogP contribution in [0.25, 0.3) is 5.69 Å². The molecule has 7 nitrogen and oxygen atoms in total. The summed E-state index contributed by atoms with van der Waals surface area (Å²) < 4.78 is 1.62. The average Bonchev–Trinajstić information content (AvgIpc) is 2.81. The fourth-order valence-electron chi connectivity index (χ4n) is 1.45. The van der Waals surface area contributed by atoms with Crippen molar-refractivity contribution in [2.45, 2.75) is 0 Å². The highest BCUT2D eigenvalue weighted by molar-refractivity contribution is 5.97. The Morgan fingerprint density at radius 2 is 2.24 bits per heavy atom. The highest BCUT2D eigenvalue weighted by Gasteiger charge is 2.18. The molecule has 0 radical (unpaired) electrons. The van der Waals surface area contributed by atoms with E-state index in [9.17, 15) is 14.9 Å². The van der Waals surface area contributed by atoms with Crippen molar-refractivity contribution in [2.24, 2.45) is 5.73 Å². The second-order valence-corrected chi connectivity index (χ2v) is 3.29.